The Morgan fingerprint density at radius 1 is 0.500 bits per heavy atom. The number of hydrogen-bond donors (Lipinski definition) is 19. The second-order valence-electron chi connectivity index (χ2n) is 23.6. The minimum Gasteiger partial charge on any atom is -0.481 e. The molecule has 0 spiro atoms. The Bertz CT molecular complexity index is 3630. The number of carbonyl (C=O) groups is 12. The molecule has 2 heterocycles. The number of aliphatic imine (C=N–C) groups is 2. The van der Waals surface area contributed by atoms with E-state index in [4.69, 9.17) is 28.7 Å². The van der Waals surface area contributed by atoms with Gasteiger partial charge in [0.15, 0.2) is 11.9 Å². The van der Waals surface area contributed by atoms with Crippen molar-refractivity contribution in [2.75, 3.05) is 38.2 Å². The zero-order chi connectivity index (χ0) is 73.3. The zero-order valence-corrected chi connectivity index (χ0v) is 56.4. The number of aromatic amines is 2. The molecule has 0 saturated heterocycles. The molecule has 100 heavy (non-hydrogen) atoms. The van der Waals surface area contributed by atoms with Crippen LogP contribution in [0.15, 0.2) is 114 Å². The lowest BCUT2D eigenvalue weighted by Crippen LogP contribution is -2.61. The molecular formula is C65H90N20O14S. The lowest BCUT2D eigenvalue weighted by molar-refractivity contribution is -0.141. The number of aromatic nitrogens is 3. The number of benzene rings is 3. The number of imidazole rings is 1. The SMILES string of the molecule is CSCC[C@H](NC(=O)[C@@H](N)C(C)C)C(=O)NCC(=O)N[C@@H](Cc1cnc[nH]1)C(=O)N[C@@H](Cc1ccccc1)C(=O)N[C@@H](CCCN=C(N)N)C(=O)N[C@@H](Cc1c[nH]c2ccccc12)C(=O)N[C@@H](CC(=O)O)C(=O)N[C@@H](CCCN=C(N)N)C(=O)N[C@@H](Cc1ccccc1)C(=O)NCC(=O)O. The first-order valence-corrected chi connectivity index (χ1v) is 33.5. The van der Waals surface area contributed by atoms with Crippen LogP contribution in [0.5, 0.6) is 0 Å². The molecule has 0 radical (unpaired) electrons. The van der Waals surface area contributed by atoms with Crippen LogP contribution in [0.25, 0.3) is 10.9 Å². The van der Waals surface area contributed by atoms with Crippen molar-refractivity contribution in [2.24, 2.45) is 44.6 Å². The Morgan fingerprint density at radius 2 is 0.940 bits per heavy atom. The molecule has 0 unspecified atom stereocenters. The number of aliphatic carboxylic acids is 2. The van der Waals surface area contributed by atoms with Crippen molar-refractivity contribution in [1.82, 2.24) is 68.1 Å². The smallest absolute Gasteiger partial charge is 0.322 e. The third-order valence-electron chi connectivity index (χ3n) is 15.5. The number of nitrogens with one attached hydrogen (secondary N) is 12. The van der Waals surface area contributed by atoms with Gasteiger partial charge in [0.1, 0.15) is 54.9 Å². The fraction of sp³-hybridized carbons (Fsp3) is 0.431. The minimum absolute atomic E-state index is 0.0228. The molecule has 2 aromatic heterocycles. The Labute approximate surface area is 580 Å². The number of hydrogen-bond acceptors (Lipinski definition) is 17. The normalized spacial score (nSPS) is 13.7. The molecule has 9 atom stereocenters. The van der Waals surface area contributed by atoms with Crippen molar-refractivity contribution < 1.29 is 67.7 Å². The number of nitrogens with zero attached hydrogens (tertiary/aromatic N) is 3. The number of carbonyl (C=O) groups excluding carboxylic acids is 10. The highest BCUT2D eigenvalue weighted by Crippen LogP contribution is 2.20. The van der Waals surface area contributed by atoms with E-state index in [1.54, 1.807) is 105 Å². The number of H-pyrrole nitrogens is 2. The van der Waals surface area contributed by atoms with Gasteiger partial charge in [-0.1, -0.05) is 92.7 Å². The summed E-state index contributed by atoms with van der Waals surface area (Å²) in [6.45, 7) is 1.92. The van der Waals surface area contributed by atoms with Gasteiger partial charge < -0.3 is 102 Å². The summed E-state index contributed by atoms with van der Waals surface area (Å²) < 4.78 is 0. The number of amides is 10. The molecule has 0 aliphatic rings. The van der Waals surface area contributed by atoms with Gasteiger partial charge in [-0.25, -0.2) is 4.98 Å². The van der Waals surface area contributed by atoms with Crippen molar-refractivity contribution in [3.8, 4) is 0 Å². The Morgan fingerprint density at radius 3 is 1.44 bits per heavy atom. The van der Waals surface area contributed by atoms with Crippen molar-refractivity contribution in [3.63, 3.8) is 0 Å². The lowest BCUT2D eigenvalue weighted by atomic mass is 10.0. The fourth-order valence-electron chi connectivity index (χ4n) is 10.1. The second-order valence-corrected chi connectivity index (χ2v) is 24.6. The highest BCUT2D eigenvalue weighted by molar-refractivity contribution is 7.98. The number of carboxylic acids is 2. The van der Waals surface area contributed by atoms with Crippen molar-refractivity contribution >= 4 is 106 Å². The quantitative estimate of drug-likeness (QED) is 0.0103. The van der Waals surface area contributed by atoms with E-state index < -0.39 is 145 Å². The van der Waals surface area contributed by atoms with Crippen LogP contribution in [0.2, 0.25) is 0 Å². The van der Waals surface area contributed by atoms with E-state index in [0.717, 1.165) is 0 Å². The van der Waals surface area contributed by atoms with Crippen LogP contribution in [-0.2, 0) is 83.2 Å². The maximum Gasteiger partial charge on any atom is 0.322 e. The second kappa shape index (κ2) is 41.2. The van der Waals surface area contributed by atoms with Crippen molar-refractivity contribution in [3.05, 3.63) is 126 Å². The maximum atomic E-state index is 15.0. The Hall–Kier alpha value is -11.1. The van der Waals surface area contributed by atoms with Gasteiger partial charge in [0.25, 0.3) is 0 Å². The van der Waals surface area contributed by atoms with Crippen molar-refractivity contribution in [2.45, 2.75) is 132 Å². The summed E-state index contributed by atoms with van der Waals surface area (Å²) in [7, 11) is 0. The van der Waals surface area contributed by atoms with Crippen LogP contribution in [-0.4, -0.2) is 201 Å². The zero-order valence-electron chi connectivity index (χ0n) is 55.6. The van der Waals surface area contributed by atoms with Gasteiger partial charge in [0, 0.05) is 67.8 Å². The summed E-state index contributed by atoms with van der Waals surface area (Å²) in [5.74, 6) is -12.4. The number of carboxylic acid groups (broad SMARTS) is 2. The van der Waals surface area contributed by atoms with E-state index in [1.807, 2.05) is 6.26 Å². The van der Waals surface area contributed by atoms with Crippen LogP contribution < -0.4 is 81.8 Å². The highest BCUT2D eigenvalue weighted by Gasteiger charge is 2.36. The molecule has 24 N–H and O–H groups in total. The molecule has 34 nitrogen and oxygen atoms in total. The molecular weight excluding hydrogens is 1320 g/mol. The molecule has 3 aromatic carbocycles. The van der Waals surface area contributed by atoms with Gasteiger partial charge >= 0.3 is 11.9 Å². The van der Waals surface area contributed by atoms with Gasteiger partial charge in [0.05, 0.1) is 25.3 Å². The van der Waals surface area contributed by atoms with E-state index in [0.29, 0.717) is 39.0 Å². The van der Waals surface area contributed by atoms with Crippen LogP contribution in [0.1, 0.15) is 74.8 Å². The molecule has 5 rings (SSSR count). The number of nitrogens with two attached hydrogens (primary N) is 5. The van der Waals surface area contributed by atoms with Crippen LogP contribution in [0.4, 0.5) is 0 Å². The van der Waals surface area contributed by atoms with Gasteiger partial charge in [-0.3, -0.25) is 67.5 Å². The van der Waals surface area contributed by atoms with Crippen LogP contribution >= 0.6 is 11.8 Å². The predicted molar refractivity (Wildman–Crippen MR) is 372 cm³/mol. The van der Waals surface area contributed by atoms with Gasteiger partial charge in [-0.05, 0) is 72.8 Å². The molecule has 0 aliphatic heterocycles. The average Bonchev–Trinajstić information content (AvgIpc) is 1.62. The number of para-hydroxylation sites is 1. The first-order chi connectivity index (χ1) is 47.7. The van der Waals surface area contributed by atoms with E-state index in [9.17, 15) is 63.0 Å². The topological polar surface area (TPSA) is 565 Å². The lowest BCUT2D eigenvalue weighted by Gasteiger charge is -2.28. The largest absolute Gasteiger partial charge is 0.481 e. The summed E-state index contributed by atoms with van der Waals surface area (Å²) >= 11 is 1.43. The molecule has 0 saturated carbocycles. The predicted octanol–water partition coefficient (Wildman–Crippen LogP) is -3.32. The number of fused-ring (bicyclic) bond motifs is 1. The third-order valence-corrected chi connectivity index (χ3v) is 16.1. The molecule has 10 amide bonds. The summed E-state index contributed by atoms with van der Waals surface area (Å²) in [6, 6.07) is 10.6. The van der Waals surface area contributed by atoms with Crippen LogP contribution in [0, 0.1) is 5.92 Å². The van der Waals surface area contributed by atoms with E-state index in [1.165, 1.54) is 24.3 Å². The highest BCUT2D eigenvalue weighted by atomic mass is 32.2. The van der Waals surface area contributed by atoms with E-state index in [2.05, 4.69) is 78.1 Å². The van der Waals surface area contributed by atoms with Crippen molar-refractivity contribution in [1.29, 1.82) is 0 Å². The first-order valence-electron chi connectivity index (χ1n) is 32.1. The average molecular weight is 1410 g/mol. The van der Waals surface area contributed by atoms with Gasteiger partial charge in [-0.2, -0.15) is 11.8 Å². The molecule has 5 aromatic rings. The number of thioether (sulfide) groups is 1. The first kappa shape index (κ1) is 79.6. The maximum absolute atomic E-state index is 15.0. The molecule has 0 aliphatic carbocycles. The van der Waals surface area contributed by atoms with Gasteiger partial charge in [0.2, 0.25) is 59.1 Å². The van der Waals surface area contributed by atoms with Gasteiger partial charge in [-0.15, -0.1) is 0 Å². The fourth-order valence-corrected chi connectivity index (χ4v) is 10.6. The summed E-state index contributed by atoms with van der Waals surface area (Å²) in [5, 5.41) is 45.7. The summed E-state index contributed by atoms with van der Waals surface area (Å²) in [6.07, 6.45) is 3.97. The van der Waals surface area contributed by atoms with E-state index >= 15 is 4.79 Å². The monoisotopic (exact) mass is 1410 g/mol. The standard InChI is InChI=1S/C65H90N20O14S/c1-36(2)54(66)63(99)81-45(22-25-100-3)55(91)75-33-51(86)78-49(29-40-32-71-35-77-40)61(97)83-47(27-38-16-8-5-9-17-38)59(95)79-44(21-13-24-73-65(69)70)58(94)84-48(28-39-31-74-42-19-11-10-18-41(39)42)60(96)85-50(30-52(87)88)62(98)80-43(20-12-23-72-64(67)68)57(93)82-46(56(92)76-34-53(89)90)26-37-14-6-4-7-15-37/h4-11,14-19,31-32,35-36,43-50,54,74H,12-13,20-30,33-34,66H2,1-3H3,(H,71,77)(H,75,91)(H,76,92)(H,78,86)(H,79,95)(H,80,98)(H,81,99)(H,82,93)(H,83,97)(H,84,94)(H,85,96)(H,87,88)(H,89,90)(H4,67,68,72)(H4,69,70,73)/t43-,44-,45-,46-,47-,48-,49-,50-,54-/m0/s1. The molecule has 540 valence electrons. The Balaban J connectivity index is 1.46. The minimum atomic E-state index is -1.98. The number of rotatable bonds is 43. The molecule has 0 fully saturated rings. The summed E-state index contributed by atoms with van der Waals surface area (Å²) in [5.41, 5.74) is 30.9. The molecule has 35 heteroatoms. The van der Waals surface area contributed by atoms with Crippen LogP contribution in [0.3, 0.4) is 0 Å². The Kier molecular flexibility index (Phi) is 32.8. The van der Waals surface area contributed by atoms with E-state index in [-0.39, 0.29) is 88.7 Å². The number of guanidine groups is 2. The molecule has 0 bridgehead atoms. The third kappa shape index (κ3) is 27.8. The summed E-state index contributed by atoms with van der Waals surface area (Å²) in [4.78, 5) is 184.